The lowest BCUT2D eigenvalue weighted by Gasteiger charge is -2.07. The molecule has 0 aromatic carbocycles. The first kappa shape index (κ1) is 13.6. The molecule has 2 aromatic rings. The Morgan fingerprint density at radius 1 is 1.11 bits per heavy atom. The largest absolute Gasteiger partial charge is 0.276 e. The van der Waals surface area contributed by atoms with Gasteiger partial charge in [0.05, 0.1) is 22.8 Å². The number of nitrogens with one attached hydrogen (secondary N) is 1. The summed E-state index contributed by atoms with van der Waals surface area (Å²) in [5, 5.41) is 8.23. The molecule has 0 aliphatic carbocycles. The third kappa shape index (κ3) is 2.35. The molecule has 2 aromatic heterocycles. The van der Waals surface area contributed by atoms with E-state index in [-0.39, 0.29) is 4.90 Å². The van der Waals surface area contributed by atoms with Gasteiger partial charge in [-0.15, -0.1) is 0 Å². The molecule has 0 aliphatic heterocycles. The van der Waals surface area contributed by atoms with Crippen LogP contribution in [-0.2, 0) is 24.1 Å². The second-order valence-electron chi connectivity index (χ2n) is 4.53. The summed E-state index contributed by atoms with van der Waals surface area (Å²) in [5.74, 6) is 0. The lowest BCUT2D eigenvalue weighted by Crippen LogP contribution is -2.14. The van der Waals surface area contributed by atoms with Crippen LogP contribution in [0.3, 0.4) is 0 Å². The van der Waals surface area contributed by atoms with Crippen molar-refractivity contribution < 1.29 is 8.42 Å². The highest BCUT2D eigenvalue weighted by Gasteiger charge is 2.22. The fraction of sp³-hybridized carbons (Fsp3) is 0.455. The van der Waals surface area contributed by atoms with Gasteiger partial charge in [-0.3, -0.25) is 14.1 Å². The van der Waals surface area contributed by atoms with Crippen LogP contribution in [0.5, 0.6) is 0 Å². The van der Waals surface area contributed by atoms with E-state index in [1.165, 1.54) is 10.9 Å². The van der Waals surface area contributed by atoms with Crippen LogP contribution in [-0.4, -0.2) is 28.0 Å². The molecule has 1 N–H and O–H groups in total. The lowest BCUT2D eigenvalue weighted by atomic mass is 10.3. The highest BCUT2D eigenvalue weighted by molar-refractivity contribution is 7.92. The molecule has 0 amide bonds. The van der Waals surface area contributed by atoms with Crippen molar-refractivity contribution in [3.63, 3.8) is 0 Å². The number of aryl methyl sites for hydroxylation is 4. The SMILES string of the molecule is Cc1nn(C)cc1S(=O)(=O)Nc1c(C)nn(C)c1C. The molecular formula is C11H17N5O2S. The third-order valence-electron chi connectivity index (χ3n) is 3.00. The lowest BCUT2D eigenvalue weighted by molar-refractivity contribution is 0.600. The molecular weight excluding hydrogens is 266 g/mol. The van der Waals surface area contributed by atoms with Crippen LogP contribution in [0.2, 0.25) is 0 Å². The maximum absolute atomic E-state index is 12.3. The van der Waals surface area contributed by atoms with Gasteiger partial charge in [0.15, 0.2) is 0 Å². The first-order valence-corrected chi connectivity index (χ1v) is 7.24. The Labute approximate surface area is 112 Å². The van der Waals surface area contributed by atoms with E-state index in [9.17, 15) is 8.42 Å². The molecule has 2 rings (SSSR count). The topological polar surface area (TPSA) is 81.8 Å². The van der Waals surface area contributed by atoms with Gasteiger partial charge in [-0.1, -0.05) is 0 Å². The van der Waals surface area contributed by atoms with E-state index in [4.69, 9.17) is 0 Å². The molecule has 0 unspecified atom stereocenters. The summed E-state index contributed by atoms with van der Waals surface area (Å²) in [5.41, 5.74) is 2.40. The van der Waals surface area contributed by atoms with Gasteiger partial charge < -0.3 is 0 Å². The Bertz CT molecular complexity index is 727. The van der Waals surface area contributed by atoms with Gasteiger partial charge in [-0.2, -0.15) is 10.2 Å². The average Bonchev–Trinajstić information content (AvgIpc) is 2.74. The van der Waals surface area contributed by atoms with Gasteiger partial charge in [-0.05, 0) is 20.8 Å². The molecule has 0 bridgehead atoms. The van der Waals surface area contributed by atoms with Crippen LogP contribution in [0.25, 0.3) is 0 Å². The van der Waals surface area contributed by atoms with Gasteiger partial charge in [-0.25, -0.2) is 8.42 Å². The first-order valence-electron chi connectivity index (χ1n) is 5.75. The van der Waals surface area contributed by atoms with Crippen molar-refractivity contribution in [3.05, 3.63) is 23.3 Å². The van der Waals surface area contributed by atoms with Crippen molar-refractivity contribution in [1.82, 2.24) is 19.6 Å². The van der Waals surface area contributed by atoms with E-state index >= 15 is 0 Å². The van der Waals surface area contributed by atoms with Gasteiger partial charge in [0, 0.05) is 20.3 Å². The van der Waals surface area contributed by atoms with Crippen LogP contribution >= 0.6 is 0 Å². The van der Waals surface area contributed by atoms with E-state index in [0.29, 0.717) is 17.1 Å². The number of sulfonamides is 1. The van der Waals surface area contributed by atoms with Gasteiger partial charge in [0.1, 0.15) is 4.90 Å². The maximum Gasteiger partial charge on any atom is 0.265 e. The van der Waals surface area contributed by atoms with Crippen LogP contribution in [0.15, 0.2) is 11.1 Å². The van der Waals surface area contributed by atoms with Crippen LogP contribution in [0.4, 0.5) is 5.69 Å². The zero-order valence-corrected chi connectivity index (χ0v) is 12.4. The number of nitrogens with zero attached hydrogens (tertiary/aromatic N) is 4. The second kappa shape index (κ2) is 4.37. The van der Waals surface area contributed by atoms with Crippen LogP contribution in [0.1, 0.15) is 17.1 Å². The quantitative estimate of drug-likeness (QED) is 0.906. The summed E-state index contributed by atoms with van der Waals surface area (Å²) in [4.78, 5) is 0.178. The first-order chi connectivity index (χ1) is 8.72. The molecule has 0 radical (unpaired) electrons. The van der Waals surface area contributed by atoms with Crippen molar-refractivity contribution in [3.8, 4) is 0 Å². The Kier molecular flexibility index (Phi) is 3.13. The molecule has 19 heavy (non-hydrogen) atoms. The van der Waals surface area contributed by atoms with Crippen molar-refractivity contribution >= 4 is 15.7 Å². The fourth-order valence-corrected chi connectivity index (χ4v) is 3.35. The maximum atomic E-state index is 12.3. The van der Waals surface area contributed by atoms with Gasteiger partial charge >= 0.3 is 0 Å². The number of hydrogen-bond donors (Lipinski definition) is 1. The van der Waals surface area contributed by atoms with Gasteiger partial charge in [0.25, 0.3) is 10.0 Å². The highest BCUT2D eigenvalue weighted by Crippen LogP contribution is 2.23. The number of anilines is 1. The van der Waals surface area contributed by atoms with E-state index in [0.717, 1.165) is 5.69 Å². The molecule has 0 atom stereocenters. The molecule has 0 fully saturated rings. The molecule has 2 heterocycles. The monoisotopic (exact) mass is 283 g/mol. The molecule has 8 heteroatoms. The molecule has 0 saturated carbocycles. The van der Waals surface area contributed by atoms with Crippen molar-refractivity contribution in [1.29, 1.82) is 0 Å². The van der Waals surface area contributed by atoms with E-state index < -0.39 is 10.0 Å². The minimum absolute atomic E-state index is 0.178. The van der Waals surface area contributed by atoms with Crippen molar-refractivity contribution in [2.24, 2.45) is 14.1 Å². The Hall–Kier alpha value is -1.83. The number of aromatic nitrogens is 4. The standard InChI is InChI=1S/C11H17N5O2S/c1-7-10(6-15(4)12-7)19(17,18)14-11-8(2)13-16(5)9(11)3/h6,14H,1-5H3. The third-order valence-corrected chi connectivity index (χ3v) is 4.46. The summed E-state index contributed by atoms with van der Waals surface area (Å²) < 4.78 is 30.4. The van der Waals surface area contributed by atoms with Crippen LogP contribution < -0.4 is 4.72 Å². The number of hydrogen-bond acceptors (Lipinski definition) is 4. The Morgan fingerprint density at radius 3 is 2.16 bits per heavy atom. The Morgan fingerprint density at radius 2 is 1.74 bits per heavy atom. The van der Waals surface area contributed by atoms with E-state index in [1.54, 1.807) is 32.6 Å². The van der Waals surface area contributed by atoms with E-state index in [1.807, 2.05) is 6.92 Å². The number of rotatable bonds is 3. The molecule has 7 nitrogen and oxygen atoms in total. The van der Waals surface area contributed by atoms with Gasteiger partial charge in [0.2, 0.25) is 0 Å². The second-order valence-corrected chi connectivity index (χ2v) is 6.18. The summed E-state index contributed by atoms with van der Waals surface area (Å²) >= 11 is 0. The summed E-state index contributed by atoms with van der Waals surface area (Å²) in [6, 6.07) is 0. The molecule has 0 aliphatic rings. The van der Waals surface area contributed by atoms with Crippen molar-refractivity contribution in [2.45, 2.75) is 25.7 Å². The molecule has 104 valence electrons. The average molecular weight is 283 g/mol. The summed E-state index contributed by atoms with van der Waals surface area (Å²) in [7, 11) is -0.181. The predicted octanol–water partition coefficient (Wildman–Crippen LogP) is 0.880. The smallest absolute Gasteiger partial charge is 0.265 e. The van der Waals surface area contributed by atoms with Crippen molar-refractivity contribution in [2.75, 3.05) is 4.72 Å². The van der Waals surface area contributed by atoms with E-state index in [2.05, 4.69) is 14.9 Å². The fourth-order valence-electron chi connectivity index (χ4n) is 1.95. The minimum Gasteiger partial charge on any atom is -0.276 e. The highest BCUT2D eigenvalue weighted by atomic mass is 32.2. The summed E-state index contributed by atoms with van der Waals surface area (Å²) in [6.07, 6.45) is 1.48. The predicted molar refractivity (Wildman–Crippen MR) is 71.4 cm³/mol. The normalized spacial score (nSPS) is 11.8. The van der Waals surface area contributed by atoms with Crippen LogP contribution in [0, 0.1) is 20.8 Å². The Balaban J connectivity index is 2.45. The minimum atomic E-state index is -3.64. The zero-order chi connectivity index (χ0) is 14.4. The molecule has 0 spiro atoms. The zero-order valence-electron chi connectivity index (χ0n) is 11.6. The molecule has 0 saturated heterocycles. The summed E-state index contributed by atoms with van der Waals surface area (Å²) in [6.45, 7) is 5.24.